The number of nitriles is 1. The van der Waals surface area contributed by atoms with E-state index >= 15 is 0 Å². The smallest absolute Gasteiger partial charge is 0.671 e. The number of hydrogen-bond acceptors (Lipinski definition) is 3. The molecule has 7 heteroatoms. The molecule has 0 radical (unpaired) electrons. The van der Waals surface area contributed by atoms with Crippen LogP contribution in [0.2, 0.25) is 0 Å². The van der Waals surface area contributed by atoms with E-state index in [1.54, 1.807) is 0 Å². The molecule has 0 amide bonds. The fraction of sp³-hybridized carbons (Fsp3) is 0.200. The Morgan fingerprint density at radius 3 is 1.77 bits per heavy atom. The molecule has 0 saturated carbocycles. The summed E-state index contributed by atoms with van der Waals surface area (Å²) in [6.45, 7) is 23.2. The molecule has 4 heterocycles. The van der Waals surface area contributed by atoms with Crippen LogP contribution < -0.4 is 9.97 Å². The van der Waals surface area contributed by atoms with Crippen molar-refractivity contribution >= 4 is 28.3 Å². The molecule has 0 atom stereocenters. The summed E-state index contributed by atoms with van der Waals surface area (Å²) in [5.41, 5.74) is 16.7. The quantitative estimate of drug-likeness (QED) is 0.161. The summed E-state index contributed by atoms with van der Waals surface area (Å²) < 4.78 is 0. The fourth-order valence-corrected chi connectivity index (χ4v) is 6.05. The van der Waals surface area contributed by atoms with E-state index in [4.69, 9.17) is 21.5 Å². The van der Waals surface area contributed by atoms with Gasteiger partial charge in [-0.3, -0.25) is 9.98 Å². The number of nitrogens with zero attached hydrogens (tertiary/aromatic N) is 6. The molecule has 6 nitrogen and oxygen atoms in total. The molecule has 4 aromatic rings. The molecule has 2 aliphatic heterocycles. The Labute approximate surface area is 290 Å². The average molecular weight is 666 g/mol. The van der Waals surface area contributed by atoms with Crippen LogP contribution in [-0.4, -0.2) is 11.4 Å². The Morgan fingerprint density at radius 1 is 0.766 bits per heavy atom. The van der Waals surface area contributed by atoms with E-state index in [0.29, 0.717) is 11.3 Å². The molecule has 0 fully saturated rings. The molecule has 0 spiro atoms. The van der Waals surface area contributed by atoms with E-state index in [9.17, 15) is 5.26 Å². The minimum Gasteiger partial charge on any atom is -0.671 e. The number of aromatic nitrogens is 2. The predicted molar refractivity (Wildman–Crippen MR) is 188 cm³/mol. The Hall–Kier alpha value is -5.10. The summed E-state index contributed by atoms with van der Waals surface area (Å²) in [7, 11) is 0. The number of rotatable bonds is 4. The predicted octanol–water partition coefficient (Wildman–Crippen LogP) is 9.32. The van der Waals surface area contributed by atoms with Gasteiger partial charge in [0.25, 0.3) is 0 Å². The van der Waals surface area contributed by atoms with Gasteiger partial charge in [-0.15, -0.1) is 11.4 Å². The number of benzene rings is 2. The maximum atomic E-state index is 9.38. The fourth-order valence-electron chi connectivity index (χ4n) is 6.05. The van der Waals surface area contributed by atoms with Crippen molar-refractivity contribution in [3.8, 4) is 6.07 Å². The first-order valence-corrected chi connectivity index (χ1v) is 15.2. The average Bonchev–Trinajstić information content (AvgIpc) is 3.73. The van der Waals surface area contributed by atoms with Gasteiger partial charge in [0.2, 0.25) is 0 Å². The Morgan fingerprint density at radius 2 is 1.34 bits per heavy atom. The second kappa shape index (κ2) is 14.6. The molecule has 0 unspecified atom stereocenters. The van der Waals surface area contributed by atoms with E-state index in [1.165, 1.54) is 0 Å². The first-order chi connectivity index (χ1) is 22.0. The summed E-state index contributed by atoms with van der Waals surface area (Å²) >= 11 is 0. The molecule has 228 valence electrons. The van der Waals surface area contributed by atoms with Crippen LogP contribution in [0.25, 0.3) is 16.0 Å². The van der Waals surface area contributed by atoms with Crippen LogP contribution in [0.3, 0.4) is 0 Å². The summed E-state index contributed by atoms with van der Waals surface area (Å²) in [5.74, 6) is 0. The van der Waals surface area contributed by atoms with E-state index in [2.05, 4.69) is 66.2 Å². The van der Waals surface area contributed by atoms with Crippen molar-refractivity contribution in [3.63, 3.8) is 0 Å². The normalized spacial score (nSPS) is 15.8. The van der Waals surface area contributed by atoms with E-state index in [-0.39, 0.29) is 19.5 Å². The molecule has 2 aliphatic rings. The molecule has 0 aliphatic carbocycles. The van der Waals surface area contributed by atoms with Crippen LogP contribution >= 0.6 is 0 Å². The van der Waals surface area contributed by atoms with Crippen LogP contribution in [-0.2, 0) is 19.5 Å². The molecule has 0 N–H and O–H groups in total. The third-order valence-electron chi connectivity index (χ3n) is 8.17. The van der Waals surface area contributed by atoms with Gasteiger partial charge >= 0.3 is 19.5 Å². The molecule has 6 rings (SSSR count). The van der Waals surface area contributed by atoms with Crippen molar-refractivity contribution in [3.05, 3.63) is 157 Å². The minimum absolute atomic E-state index is 0. The topological polar surface area (TPSA) is 81.1 Å². The summed E-state index contributed by atoms with van der Waals surface area (Å²) in [6, 6.07) is 24.7. The third-order valence-corrected chi connectivity index (χ3v) is 8.17. The van der Waals surface area contributed by atoms with Gasteiger partial charge in [-0.1, -0.05) is 98.6 Å². The maximum Gasteiger partial charge on any atom is 2.00 e. The molecular weight excluding hydrogens is 630 g/mol. The van der Waals surface area contributed by atoms with Crippen LogP contribution in [0.15, 0.2) is 111 Å². The van der Waals surface area contributed by atoms with Gasteiger partial charge in [-0.25, -0.2) is 4.85 Å². The Bertz CT molecular complexity index is 2110. The van der Waals surface area contributed by atoms with Crippen molar-refractivity contribution in [2.24, 2.45) is 9.98 Å². The Kier molecular flexibility index (Phi) is 10.8. The molecule has 2 aromatic carbocycles. The standard InChI is InChI=1S/2C20H18N3.Zn/c1-12-11-13(2)22-18(12)17(16-9-7-6-8-10-16)20-14(3)19(21-5)15(4)23-20;1-12-10-13(2)22-19(12)18(16-8-6-5-7-9-16)20-14(3)17(11-21)15(4)23-20;/h6-11H,1-4H3;5-10H,1-4H3;/q2*-1;+2/b18-17-;20-18-;. The first-order valence-electron chi connectivity index (χ1n) is 15.2. The maximum absolute atomic E-state index is 9.38. The minimum atomic E-state index is 0. The zero-order valence-electron chi connectivity index (χ0n) is 28.3. The first kappa shape index (κ1) is 34.8. The largest absolute Gasteiger partial charge is 2.00 e. The number of hydrogen-bond donors (Lipinski definition) is 0. The van der Waals surface area contributed by atoms with Gasteiger partial charge < -0.3 is 9.97 Å². The van der Waals surface area contributed by atoms with Gasteiger partial charge in [0.1, 0.15) is 6.07 Å². The van der Waals surface area contributed by atoms with Gasteiger partial charge in [-0.05, 0) is 74.1 Å². The van der Waals surface area contributed by atoms with Crippen molar-refractivity contribution in [2.45, 2.75) is 55.4 Å². The number of aryl methyl sites for hydroxylation is 3. The monoisotopic (exact) mass is 664 g/mol. The van der Waals surface area contributed by atoms with Crippen molar-refractivity contribution in [1.82, 2.24) is 9.97 Å². The SMILES string of the molecule is CC1=N/C(=C(/c2ccccc2)c2[n-]c(C)cc2C)C(C)=C1C#N.[C-]#[N+]c1c(C)[n-]c(/C(=C2\N=C(C)C=C2C)c2ccccc2)c1C.[Zn+2]. The third kappa shape index (κ3) is 6.87. The summed E-state index contributed by atoms with van der Waals surface area (Å²) in [4.78, 5) is 22.4. The summed E-state index contributed by atoms with van der Waals surface area (Å²) in [6.07, 6.45) is 2.08. The van der Waals surface area contributed by atoms with Crippen molar-refractivity contribution in [2.75, 3.05) is 0 Å². The van der Waals surface area contributed by atoms with Crippen LogP contribution in [0.5, 0.6) is 0 Å². The van der Waals surface area contributed by atoms with Crippen LogP contribution in [0, 0.1) is 45.6 Å². The van der Waals surface area contributed by atoms with E-state index in [0.717, 1.165) is 90.1 Å². The second-order valence-electron chi connectivity index (χ2n) is 11.6. The van der Waals surface area contributed by atoms with Crippen molar-refractivity contribution in [1.29, 1.82) is 5.26 Å². The summed E-state index contributed by atoms with van der Waals surface area (Å²) in [5, 5.41) is 9.38. The van der Waals surface area contributed by atoms with E-state index < -0.39 is 0 Å². The molecule has 0 bridgehead atoms. The molecule has 47 heavy (non-hydrogen) atoms. The number of allylic oxidation sites excluding steroid dienone is 4. The van der Waals surface area contributed by atoms with Crippen molar-refractivity contribution < 1.29 is 19.5 Å². The number of aliphatic imine (C=N–C) groups is 2. The molecular formula is C40H36N6Zn. The Balaban J connectivity index is 0.000000208. The van der Waals surface area contributed by atoms with Gasteiger partial charge in [0.15, 0.2) is 5.69 Å². The van der Waals surface area contributed by atoms with Crippen LogP contribution in [0.1, 0.15) is 72.7 Å². The zero-order valence-corrected chi connectivity index (χ0v) is 31.3. The van der Waals surface area contributed by atoms with Crippen LogP contribution in [0.4, 0.5) is 5.69 Å². The molecule has 2 aromatic heterocycles. The zero-order chi connectivity index (χ0) is 33.1. The van der Waals surface area contributed by atoms with Gasteiger partial charge in [0.05, 0.1) is 29.3 Å². The second-order valence-corrected chi connectivity index (χ2v) is 11.6. The van der Waals surface area contributed by atoms with Gasteiger partial charge in [-0.2, -0.15) is 16.6 Å². The molecule has 0 saturated heterocycles. The van der Waals surface area contributed by atoms with E-state index in [1.807, 2.05) is 77.9 Å². The van der Waals surface area contributed by atoms with Gasteiger partial charge in [0, 0.05) is 5.71 Å².